The minimum absolute atomic E-state index is 0.00968. The Hall–Kier alpha value is -1.79. The quantitative estimate of drug-likeness (QED) is 0.546. The standard InChI is InChI=1S/C8H15N3O4/c1-11(2)8(15)10-5(7(13)14)3-4-6(9)12/h5H,3-4H2,1-2H3,(H2,9,12)(H,10,15)(H,13,14). The van der Waals surface area contributed by atoms with Crippen LogP contribution in [-0.4, -0.2) is 48.1 Å². The molecule has 0 bridgehead atoms. The molecule has 3 amide bonds. The van der Waals surface area contributed by atoms with Crippen molar-refractivity contribution >= 4 is 17.9 Å². The van der Waals surface area contributed by atoms with E-state index in [1.54, 1.807) is 0 Å². The monoisotopic (exact) mass is 217 g/mol. The van der Waals surface area contributed by atoms with Gasteiger partial charge in [-0.05, 0) is 6.42 Å². The first-order chi connectivity index (χ1) is 6.84. The molecule has 0 aliphatic heterocycles. The van der Waals surface area contributed by atoms with Crippen LogP contribution in [0.4, 0.5) is 4.79 Å². The fourth-order valence-corrected chi connectivity index (χ4v) is 0.822. The van der Waals surface area contributed by atoms with Crippen LogP contribution in [0.3, 0.4) is 0 Å². The van der Waals surface area contributed by atoms with Crippen LogP contribution in [-0.2, 0) is 9.59 Å². The number of amides is 3. The Morgan fingerprint density at radius 2 is 1.93 bits per heavy atom. The highest BCUT2D eigenvalue weighted by atomic mass is 16.4. The zero-order chi connectivity index (χ0) is 12.0. The van der Waals surface area contributed by atoms with Crippen molar-refractivity contribution in [1.29, 1.82) is 0 Å². The highest BCUT2D eigenvalue weighted by molar-refractivity contribution is 5.83. The van der Waals surface area contributed by atoms with Crippen LogP contribution in [0.25, 0.3) is 0 Å². The maximum Gasteiger partial charge on any atom is 0.326 e. The largest absolute Gasteiger partial charge is 0.480 e. The maximum absolute atomic E-state index is 11.1. The number of carboxylic acids is 1. The predicted octanol–water partition coefficient (Wildman–Crippen LogP) is -1.02. The van der Waals surface area contributed by atoms with Crippen molar-refractivity contribution in [2.75, 3.05) is 14.1 Å². The summed E-state index contributed by atoms with van der Waals surface area (Å²) < 4.78 is 0. The van der Waals surface area contributed by atoms with Gasteiger partial charge in [-0.1, -0.05) is 0 Å². The Morgan fingerprint density at radius 3 is 2.27 bits per heavy atom. The zero-order valence-corrected chi connectivity index (χ0v) is 8.69. The van der Waals surface area contributed by atoms with Crippen LogP contribution in [0.1, 0.15) is 12.8 Å². The Kier molecular flexibility index (Phi) is 5.14. The molecule has 0 rings (SSSR count). The molecular formula is C8H15N3O4. The van der Waals surface area contributed by atoms with Gasteiger partial charge in [0.1, 0.15) is 6.04 Å². The van der Waals surface area contributed by atoms with Crippen molar-refractivity contribution < 1.29 is 19.5 Å². The topological polar surface area (TPSA) is 113 Å². The molecule has 86 valence electrons. The number of primary amides is 1. The van der Waals surface area contributed by atoms with E-state index >= 15 is 0 Å². The van der Waals surface area contributed by atoms with Gasteiger partial charge in [-0.15, -0.1) is 0 Å². The van der Waals surface area contributed by atoms with E-state index in [4.69, 9.17) is 10.8 Å². The van der Waals surface area contributed by atoms with Crippen LogP contribution in [0.5, 0.6) is 0 Å². The summed E-state index contributed by atoms with van der Waals surface area (Å²) >= 11 is 0. The van der Waals surface area contributed by atoms with Crippen molar-refractivity contribution in [1.82, 2.24) is 10.2 Å². The lowest BCUT2D eigenvalue weighted by molar-refractivity contribution is -0.139. The molecule has 0 aromatic rings. The summed E-state index contributed by atoms with van der Waals surface area (Å²) in [7, 11) is 2.98. The number of nitrogens with zero attached hydrogens (tertiary/aromatic N) is 1. The second-order valence-electron chi connectivity index (χ2n) is 3.24. The Labute approximate surface area is 87.2 Å². The number of carboxylic acid groups (broad SMARTS) is 1. The summed E-state index contributed by atoms with van der Waals surface area (Å²) in [6.07, 6.45) is -0.0884. The molecule has 1 atom stereocenters. The number of aliphatic carboxylic acids is 1. The Morgan fingerprint density at radius 1 is 1.40 bits per heavy atom. The van der Waals surface area contributed by atoms with E-state index < -0.39 is 23.9 Å². The second kappa shape index (κ2) is 5.84. The van der Waals surface area contributed by atoms with Gasteiger partial charge in [0.25, 0.3) is 0 Å². The first-order valence-corrected chi connectivity index (χ1v) is 4.33. The van der Waals surface area contributed by atoms with Gasteiger partial charge in [0.05, 0.1) is 0 Å². The van der Waals surface area contributed by atoms with Crippen LogP contribution in [0.15, 0.2) is 0 Å². The van der Waals surface area contributed by atoms with E-state index in [1.807, 2.05) is 0 Å². The van der Waals surface area contributed by atoms with Crippen LogP contribution < -0.4 is 11.1 Å². The molecule has 0 saturated heterocycles. The van der Waals surface area contributed by atoms with E-state index in [-0.39, 0.29) is 12.8 Å². The minimum atomic E-state index is -1.19. The van der Waals surface area contributed by atoms with E-state index in [2.05, 4.69) is 5.32 Å². The lowest BCUT2D eigenvalue weighted by Crippen LogP contribution is -2.45. The SMILES string of the molecule is CN(C)C(=O)NC(CCC(N)=O)C(=O)O. The van der Waals surface area contributed by atoms with Crippen molar-refractivity contribution in [3.8, 4) is 0 Å². The number of nitrogens with one attached hydrogen (secondary N) is 1. The smallest absolute Gasteiger partial charge is 0.326 e. The van der Waals surface area contributed by atoms with Crippen LogP contribution in [0.2, 0.25) is 0 Å². The van der Waals surface area contributed by atoms with Gasteiger partial charge in [-0.3, -0.25) is 4.79 Å². The number of urea groups is 1. The first kappa shape index (κ1) is 13.2. The third-order valence-corrected chi connectivity index (χ3v) is 1.68. The number of hydrogen-bond acceptors (Lipinski definition) is 3. The average Bonchev–Trinajstić information content (AvgIpc) is 2.10. The molecule has 4 N–H and O–H groups in total. The molecule has 0 heterocycles. The van der Waals surface area contributed by atoms with E-state index in [0.29, 0.717) is 0 Å². The van der Waals surface area contributed by atoms with Crippen LogP contribution in [0, 0.1) is 0 Å². The second-order valence-corrected chi connectivity index (χ2v) is 3.24. The molecule has 0 radical (unpaired) electrons. The third kappa shape index (κ3) is 5.50. The predicted molar refractivity (Wildman–Crippen MR) is 52.1 cm³/mol. The molecule has 0 aromatic carbocycles. The van der Waals surface area contributed by atoms with Gasteiger partial charge in [0.15, 0.2) is 0 Å². The minimum Gasteiger partial charge on any atom is -0.480 e. The highest BCUT2D eigenvalue weighted by Crippen LogP contribution is 1.98. The number of carbonyl (C=O) groups is 3. The third-order valence-electron chi connectivity index (χ3n) is 1.68. The van der Waals surface area contributed by atoms with Gasteiger partial charge in [-0.2, -0.15) is 0 Å². The fourth-order valence-electron chi connectivity index (χ4n) is 0.822. The molecule has 0 spiro atoms. The molecule has 15 heavy (non-hydrogen) atoms. The van der Waals surface area contributed by atoms with Gasteiger partial charge in [-0.25, -0.2) is 9.59 Å². The number of nitrogens with two attached hydrogens (primary N) is 1. The van der Waals surface area contributed by atoms with Crippen molar-refractivity contribution in [3.05, 3.63) is 0 Å². The normalized spacial score (nSPS) is 11.6. The van der Waals surface area contributed by atoms with E-state index in [9.17, 15) is 14.4 Å². The molecule has 7 heteroatoms. The van der Waals surface area contributed by atoms with Crippen molar-refractivity contribution in [3.63, 3.8) is 0 Å². The fraction of sp³-hybridized carbons (Fsp3) is 0.625. The van der Waals surface area contributed by atoms with E-state index in [1.165, 1.54) is 19.0 Å². The van der Waals surface area contributed by atoms with E-state index in [0.717, 1.165) is 0 Å². The van der Waals surface area contributed by atoms with Gasteiger partial charge < -0.3 is 21.1 Å². The maximum atomic E-state index is 11.1. The van der Waals surface area contributed by atoms with Gasteiger partial charge >= 0.3 is 12.0 Å². The molecule has 0 aliphatic carbocycles. The summed E-state index contributed by atoms with van der Waals surface area (Å²) in [6, 6.07) is -1.61. The molecule has 0 aromatic heterocycles. The molecule has 0 fully saturated rings. The molecule has 0 saturated carbocycles. The zero-order valence-electron chi connectivity index (χ0n) is 8.69. The Balaban J connectivity index is 4.22. The molecular weight excluding hydrogens is 202 g/mol. The number of hydrogen-bond donors (Lipinski definition) is 3. The van der Waals surface area contributed by atoms with Gasteiger partial charge in [0.2, 0.25) is 5.91 Å². The lowest BCUT2D eigenvalue weighted by Gasteiger charge is -2.17. The lowest BCUT2D eigenvalue weighted by atomic mass is 10.1. The summed E-state index contributed by atoms with van der Waals surface area (Å²) in [5.74, 6) is -1.79. The number of rotatable bonds is 5. The summed E-state index contributed by atoms with van der Waals surface area (Å²) in [4.78, 5) is 33.5. The Bertz CT molecular complexity index is 265. The van der Waals surface area contributed by atoms with Crippen molar-refractivity contribution in [2.45, 2.75) is 18.9 Å². The average molecular weight is 217 g/mol. The summed E-state index contributed by atoms with van der Waals surface area (Å²) in [6.45, 7) is 0. The molecule has 1 unspecified atom stereocenters. The summed E-state index contributed by atoms with van der Waals surface area (Å²) in [5, 5.41) is 11.0. The first-order valence-electron chi connectivity index (χ1n) is 4.33. The van der Waals surface area contributed by atoms with Gasteiger partial charge in [0, 0.05) is 20.5 Å². The molecule has 0 aliphatic rings. The summed E-state index contributed by atoms with van der Waals surface area (Å²) in [5.41, 5.74) is 4.88. The number of carbonyl (C=O) groups excluding carboxylic acids is 2. The van der Waals surface area contributed by atoms with Crippen molar-refractivity contribution in [2.24, 2.45) is 5.73 Å². The highest BCUT2D eigenvalue weighted by Gasteiger charge is 2.20. The molecule has 7 nitrogen and oxygen atoms in total. The van der Waals surface area contributed by atoms with Crippen LogP contribution >= 0.6 is 0 Å².